The number of nitrogens with one attached hydrogen (secondary N) is 2. The predicted molar refractivity (Wildman–Crippen MR) is 110 cm³/mol. The molecule has 0 saturated carbocycles. The minimum absolute atomic E-state index is 0.466. The number of fused-ring (bicyclic) bond motifs is 1. The van der Waals surface area contributed by atoms with Gasteiger partial charge >= 0.3 is 0 Å². The topological polar surface area (TPSA) is 62.0 Å². The van der Waals surface area contributed by atoms with E-state index in [1.54, 1.807) is 11.1 Å². The molecule has 1 atom stereocenters. The number of hydrogen-bond acceptors (Lipinski definition) is 5. The van der Waals surface area contributed by atoms with Crippen LogP contribution in [0.25, 0.3) is 0 Å². The number of ether oxygens (including phenoxy) is 1. The summed E-state index contributed by atoms with van der Waals surface area (Å²) in [5, 5.41) is 9.00. The molecule has 0 fully saturated rings. The summed E-state index contributed by atoms with van der Waals surface area (Å²) in [6.07, 6.45) is 3.76. The van der Waals surface area contributed by atoms with Crippen LogP contribution in [0.15, 0.2) is 39.3 Å². The average molecular weight is 391 g/mol. The van der Waals surface area contributed by atoms with Crippen molar-refractivity contribution in [2.75, 3.05) is 33.3 Å². The van der Waals surface area contributed by atoms with Crippen LogP contribution in [-0.4, -0.2) is 50.2 Å². The lowest BCUT2D eigenvalue weighted by molar-refractivity contribution is 0.105. The van der Waals surface area contributed by atoms with E-state index in [9.17, 15) is 0 Å². The fraction of sp³-hybridized carbons (Fsp3) is 0.550. The van der Waals surface area contributed by atoms with Gasteiger partial charge in [0.25, 0.3) is 0 Å². The minimum Gasteiger partial charge on any atom is -0.467 e. The van der Waals surface area contributed by atoms with Crippen LogP contribution in [0.4, 0.5) is 0 Å². The summed E-state index contributed by atoms with van der Waals surface area (Å²) in [6.45, 7) is 7.40. The number of nitrogens with zero attached hydrogens (tertiary/aromatic N) is 2. The first-order valence-corrected chi connectivity index (χ1v) is 10.5. The van der Waals surface area contributed by atoms with Crippen molar-refractivity contribution in [2.24, 2.45) is 4.99 Å². The smallest absolute Gasteiger partial charge is 0.191 e. The Morgan fingerprint density at radius 3 is 3.15 bits per heavy atom. The zero-order chi connectivity index (χ0) is 18.9. The molecule has 2 aromatic rings. The van der Waals surface area contributed by atoms with Gasteiger partial charge in [0.15, 0.2) is 5.96 Å². The zero-order valence-electron chi connectivity index (χ0n) is 16.2. The maximum absolute atomic E-state index is 5.59. The van der Waals surface area contributed by atoms with Gasteiger partial charge in [-0.05, 0) is 48.9 Å². The van der Waals surface area contributed by atoms with Crippen molar-refractivity contribution in [3.8, 4) is 0 Å². The van der Waals surface area contributed by atoms with Crippen LogP contribution >= 0.6 is 11.3 Å². The summed E-state index contributed by atoms with van der Waals surface area (Å²) < 4.78 is 10.8. The van der Waals surface area contributed by atoms with Gasteiger partial charge in [0.05, 0.1) is 6.26 Å². The van der Waals surface area contributed by atoms with E-state index in [1.807, 2.05) is 30.5 Å². The molecule has 1 aliphatic heterocycles. The van der Waals surface area contributed by atoms with Gasteiger partial charge in [-0.2, -0.15) is 0 Å². The van der Waals surface area contributed by atoms with E-state index in [1.165, 1.54) is 12.0 Å². The van der Waals surface area contributed by atoms with Crippen LogP contribution in [0.2, 0.25) is 0 Å². The van der Waals surface area contributed by atoms with Gasteiger partial charge in [0, 0.05) is 50.8 Å². The summed E-state index contributed by atoms with van der Waals surface area (Å²) in [5.41, 5.74) is 1.50. The molecule has 0 radical (unpaired) electrons. The second-order valence-corrected chi connectivity index (χ2v) is 7.80. The Hall–Kier alpha value is -1.83. The van der Waals surface area contributed by atoms with Crippen molar-refractivity contribution < 1.29 is 9.15 Å². The standard InChI is InChI=1S/C20H30N4O2S/c1-16(24-9-6-19-17(14-24)7-12-27-19)13-23-20(21-2)22-8-4-10-25-15-18-5-3-11-26-18/h3,5,7,11-12,16H,4,6,8-10,13-15H2,1-2H3,(H2,21,22,23). The Balaban J connectivity index is 1.28. The highest BCUT2D eigenvalue weighted by atomic mass is 32.1. The van der Waals surface area contributed by atoms with E-state index < -0.39 is 0 Å². The predicted octanol–water partition coefficient (Wildman–Crippen LogP) is 2.86. The van der Waals surface area contributed by atoms with Crippen molar-refractivity contribution >= 4 is 17.3 Å². The summed E-state index contributed by atoms with van der Waals surface area (Å²) in [4.78, 5) is 8.41. The lowest BCUT2D eigenvalue weighted by atomic mass is 10.1. The second kappa shape index (κ2) is 10.5. The largest absolute Gasteiger partial charge is 0.467 e. The van der Waals surface area contributed by atoms with E-state index in [0.717, 1.165) is 44.3 Å². The lowest BCUT2D eigenvalue weighted by Crippen LogP contribution is -2.47. The van der Waals surface area contributed by atoms with Crippen LogP contribution in [0.1, 0.15) is 29.5 Å². The number of rotatable bonds is 9. The fourth-order valence-electron chi connectivity index (χ4n) is 3.19. The van der Waals surface area contributed by atoms with Crippen LogP contribution < -0.4 is 10.6 Å². The van der Waals surface area contributed by atoms with Gasteiger partial charge < -0.3 is 19.8 Å². The van der Waals surface area contributed by atoms with Crippen molar-refractivity contribution in [3.63, 3.8) is 0 Å². The quantitative estimate of drug-likeness (QED) is 0.392. The van der Waals surface area contributed by atoms with Crippen molar-refractivity contribution in [3.05, 3.63) is 46.0 Å². The van der Waals surface area contributed by atoms with Gasteiger partial charge in [-0.3, -0.25) is 9.89 Å². The lowest BCUT2D eigenvalue weighted by Gasteiger charge is -2.32. The fourth-order valence-corrected chi connectivity index (χ4v) is 4.08. The summed E-state index contributed by atoms with van der Waals surface area (Å²) in [6, 6.07) is 6.53. The molecule has 0 spiro atoms. The summed E-state index contributed by atoms with van der Waals surface area (Å²) in [5.74, 6) is 1.71. The summed E-state index contributed by atoms with van der Waals surface area (Å²) in [7, 11) is 1.81. The SMILES string of the molecule is CN=C(NCCCOCc1ccco1)NCC(C)N1CCc2sccc2C1. The molecule has 2 aromatic heterocycles. The van der Waals surface area contributed by atoms with Gasteiger partial charge in [0.1, 0.15) is 12.4 Å². The van der Waals surface area contributed by atoms with Crippen molar-refractivity contribution in [1.82, 2.24) is 15.5 Å². The Kier molecular flexibility index (Phi) is 7.74. The third-order valence-corrected chi connectivity index (χ3v) is 5.85. The Labute approximate surface area is 165 Å². The molecule has 3 heterocycles. The van der Waals surface area contributed by atoms with Crippen molar-refractivity contribution in [1.29, 1.82) is 0 Å². The zero-order valence-corrected chi connectivity index (χ0v) is 17.1. The normalized spacial score (nSPS) is 16.1. The molecule has 0 amide bonds. The molecular weight excluding hydrogens is 360 g/mol. The van der Waals surface area contributed by atoms with Gasteiger partial charge in [-0.25, -0.2) is 0 Å². The van der Waals surface area contributed by atoms with Crippen LogP contribution in [0.3, 0.4) is 0 Å². The molecule has 1 aliphatic rings. The monoisotopic (exact) mass is 390 g/mol. The van der Waals surface area contributed by atoms with Gasteiger partial charge in [-0.1, -0.05) is 0 Å². The van der Waals surface area contributed by atoms with E-state index >= 15 is 0 Å². The number of thiophene rings is 1. The molecule has 0 aliphatic carbocycles. The first kappa shape index (κ1) is 19.9. The third kappa shape index (κ3) is 6.09. The van der Waals surface area contributed by atoms with E-state index in [2.05, 4.69) is 38.9 Å². The molecule has 2 N–H and O–H groups in total. The molecule has 1 unspecified atom stereocenters. The molecule has 0 aromatic carbocycles. The molecule has 7 heteroatoms. The maximum Gasteiger partial charge on any atom is 0.191 e. The highest BCUT2D eigenvalue weighted by Gasteiger charge is 2.21. The van der Waals surface area contributed by atoms with E-state index in [4.69, 9.17) is 9.15 Å². The Bertz CT molecular complexity index is 699. The van der Waals surface area contributed by atoms with Gasteiger partial charge in [0.2, 0.25) is 0 Å². The molecule has 148 valence electrons. The first-order chi connectivity index (χ1) is 13.3. The Morgan fingerprint density at radius 2 is 2.33 bits per heavy atom. The van der Waals surface area contributed by atoms with Crippen molar-refractivity contribution in [2.45, 2.75) is 39.0 Å². The third-order valence-electron chi connectivity index (χ3n) is 4.83. The molecule has 6 nitrogen and oxygen atoms in total. The molecular formula is C20H30N4O2S. The number of aliphatic imine (C=N–C) groups is 1. The first-order valence-electron chi connectivity index (χ1n) is 9.60. The maximum atomic E-state index is 5.59. The molecule has 0 saturated heterocycles. The molecule has 0 bridgehead atoms. The minimum atomic E-state index is 0.466. The van der Waals surface area contributed by atoms with Crippen LogP contribution in [-0.2, 0) is 24.3 Å². The second-order valence-electron chi connectivity index (χ2n) is 6.80. The average Bonchev–Trinajstić information content (AvgIpc) is 3.37. The van der Waals surface area contributed by atoms with E-state index in [0.29, 0.717) is 19.3 Å². The number of furan rings is 1. The number of guanidine groups is 1. The highest BCUT2D eigenvalue weighted by Crippen LogP contribution is 2.24. The van der Waals surface area contributed by atoms with Crippen LogP contribution in [0, 0.1) is 0 Å². The Morgan fingerprint density at radius 1 is 1.41 bits per heavy atom. The molecule has 27 heavy (non-hydrogen) atoms. The highest BCUT2D eigenvalue weighted by molar-refractivity contribution is 7.10. The van der Waals surface area contributed by atoms with E-state index in [-0.39, 0.29) is 0 Å². The summed E-state index contributed by atoms with van der Waals surface area (Å²) >= 11 is 1.89. The van der Waals surface area contributed by atoms with Crippen LogP contribution in [0.5, 0.6) is 0 Å². The van der Waals surface area contributed by atoms with Gasteiger partial charge in [-0.15, -0.1) is 11.3 Å². The molecule has 3 rings (SSSR count). The number of hydrogen-bond donors (Lipinski definition) is 2.